The fourth-order valence-electron chi connectivity index (χ4n) is 4.17. The lowest BCUT2D eigenvalue weighted by molar-refractivity contribution is -0.116. The third-order valence-corrected chi connectivity index (χ3v) is 6.40. The van der Waals surface area contributed by atoms with Crippen molar-refractivity contribution in [2.45, 2.75) is 64.1 Å². The van der Waals surface area contributed by atoms with Gasteiger partial charge >= 0.3 is 12.1 Å². The fraction of sp³-hybridized carbons (Fsp3) is 0.414. The van der Waals surface area contributed by atoms with Crippen LogP contribution >= 0.6 is 0 Å². The maximum atomic E-state index is 12.8. The van der Waals surface area contributed by atoms with Crippen LogP contribution in [0.2, 0.25) is 0 Å². The topological polar surface area (TPSA) is 95.9 Å². The average molecular weight is 491 g/mol. The van der Waals surface area contributed by atoms with Gasteiger partial charge in [0.15, 0.2) is 0 Å². The van der Waals surface area contributed by atoms with Crippen molar-refractivity contribution >= 4 is 24.0 Å². The van der Waals surface area contributed by atoms with Crippen LogP contribution in [0.25, 0.3) is 6.08 Å². The summed E-state index contributed by atoms with van der Waals surface area (Å²) in [5.41, 5.74) is 2.64. The Kier molecular flexibility index (Phi) is 7.48. The summed E-state index contributed by atoms with van der Waals surface area (Å²) in [6, 6.07) is 14.7. The number of amides is 2. The average Bonchev–Trinajstić information content (AvgIpc) is 3.74. The molecule has 2 aromatic rings. The molecule has 2 fully saturated rings. The minimum atomic E-state index is -0.977. The molecule has 0 aliphatic heterocycles. The normalized spacial score (nSPS) is 19.1. The van der Waals surface area contributed by atoms with Gasteiger partial charge in [0.1, 0.15) is 5.60 Å². The van der Waals surface area contributed by atoms with Crippen LogP contribution in [-0.4, -0.2) is 46.2 Å². The monoisotopic (exact) mass is 490 g/mol. The molecule has 0 aromatic heterocycles. The highest BCUT2D eigenvalue weighted by Crippen LogP contribution is 2.46. The molecule has 2 aliphatic carbocycles. The number of carboxylic acid groups (broad SMARTS) is 1. The zero-order valence-electron chi connectivity index (χ0n) is 21.1. The van der Waals surface area contributed by atoms with Gasteiger partial charge in [0.2, 0.25) is 5.91 Å². The first kappa shape index (κ1) is 25.5. The predicted octanol–water partition coefficient (Wildman–Crippen LogP) is 5.22. The van der Waals surface area contributed by atoms with Crippen molar-refractivity contribution in [3.8, 4) is 0 Å². The Morgan fingerprint density at radius 1 is 1.06 bits per heavy atom. The van der Waals surface area contributed by atoms with Crippen LogP contribution in [0.15, 0.2) is 54.6 Å². The molecule has 0 radical (unpaired) electrons. The molecule has 7 heteroatoms. The highest BCUT2D eigenvalue weighted by molar-refractivity contribution is 5.91. The highest BCUT2D eigenvalue weighted by atomic mass is 16.6. The SMILES string of the molecule is CC(C)(C)OC(=O)N(CC1CC1)[C@H]1CC1c1ccc(/C=C/C(=O)NCc2ccc(C(=O)O)cc2)cc1. The van der Waals surface area contributed by atoms with Crippen molar-refractivity contribution < 1.29 is 24.2 Å². The van der Waals surface area contributed by atoms with E-state index in [1.165, 1.54) is 36.6 Å². The molecule has 7 nitrogen and oxygen atoms in total. The molecule has 0 saturated heterocycles. The number of hydrogen-bond acceptors (Lipinski definition) is 4. The quantitative estimate of drug-likeness (QED) is 0.470. The minimum Gasteiger partial charge on any atom is -0.478 e. The Bertz CT molecular complexity index is 1130. The number of hydrogen-bond donors (Lipinski definition) is 2. The van der Waals surface area contributed by atoms with Gasteiger partial charge in [-0.3, -0.25) is 4.79 Å². The van der Waals surface area contributed by atoms with E-state index in [1.54, 1.807) is 18.2 Å². The van der Waals surface area contributed by atoms with E-state index in [1.807, 2.05) is 37.8 Å². The molecule has 1 unspecified atom stereocenters. The van der Waals surface area contributed by atoms with Crippen LogP contribution < -0.4 is 5.32 Å². The summed E-state index contributed by atoms with van der Waals surface area (Å²) in [6.07, 6.45) is 6.34. The first-order valence-electron chi connectivity index (χ1n) is 12.5. The number of carbonyl (C=O) groups excluding carboxylic acids is 2. The van der Waals surface area contributed by atoms with Crippen LogP contribution in [-0.2, 0) is 16.1 Å². The molecule has 2 N–H and O–H groups in total. The van der Waals surface area contributed by atoms with Gasteiger partial charge in [-0.25, -0.2) is 9.59 Å². The number of aromatic carboxylic acids is 1. The van der Waals surface area contributed by atoms with Crippen molar-refractivity contribution in [2.24, 2.45) is 5.92 Å². The Labute approximate surface area is 212 Å². The molecule has 0 bridgehead atoms. The number of ether oxygens (including phenoxy) is 1. The molecule has 2 amide bonds. The van der Waals surface area contributed by atoms with Crippen LogP contribution in [0.4, 0.5) is 4.79 Å². The Morgan fingerprint density at radius 2 is 1.72 bits per heavy atom. The number of benzene rings is 2. The van der Waals surface area contributed by atoms with Crippen molar-refractivity contribution in [2.75, 3.05) is 6.54 Å². The van der Waals surface area contributed by atoms with Gasteiger partial charge in [-0.15, -0.1) is 0 Å². The second-order valence-electron chi connectivity index (χ2n) is 10.7. The maximum Gasteiger partial charge on any atom is 0.410 e. The molecule has 0 heterocycles. The summed E-state index contributed by atoms with van der Waals surface area (Å²) in [5, 5.41) is 11.8. The summed E-state index contributed by atoms with van der Waals surface area (Å²) < 4.78 is 5.67. The first-order chi connectivity index (χ1) is 17.1. The van der Waals surface area contributed by atoms with Crippen LogP contribution in [0.1, 0.15) is 73.0 Å². The summed E-state index contributed by atoms with van der Waals surface area (Å²) in [5.74, 6) is -0.293. The largest absolute Gasteiger partial charge is 0.478 e. The Morgan fingerprint density at radius 3 is 2.31 bits per heavy atom. The highest BCUT2D eigenvalue weighted by Gasteiger charge is 2.47. The molecule has 2 saturated carbocycles. The molecule has 4 rings (SSSR count). The number of carboxylic acids is 1. The van der Waals surface area contributed by atoms with Crippen LogP contribution in [0.5, 0.6) is 0 Å². The van der Waals surface area contributed by atoms with E-state index in [0.717, 1.165) is 24.1 Å². The minimum absolute atomic E-state index is 0.178. The lowest BCUT2D eigenvalue weighted by Crippen LogP contribution is -2.40. The van der Waals surface area contributed by atoms with E-state index in [0.29, 0.717) is 18.4 Å². The molecule has 2 aromatic carbocycles. The number of rotatable bonds is 9. The smallest absolute Gasteiger partial charge is 0.410 e. The third-order valence-electron chi connectivity index (χ3n) is 6.40. The van der Waals surface area contributed by atoms with Gasteiger partial charge < -0.3 is 20.1 Å². The van der Waals surface area contributed by atoms with Gasteiger partial charge in [-0.1, -0.05) is 36.4 Å². The van der Waals surface area contributed by atoms with Gasteiger partial charge in [-0.2, -0.15) is 0 Å². The summed E-state index contributed by atoms with van der Waals surface area (Å²) in [7, 11) is 0. The number of nitrogens with one attached hydrogen (secondary N) is 1. The third kappa shape index (κ3) is 7.20. The molecule has 2 aliphatic rings. The summed E-state index contributed by atoms with van der Waals surface area (Å²) in [6.45, 7) is 6.79. The van der Waals surface area contributed by atoms with Crippen molar-refractivity contribution in [3.05, 3.63) is 76.9 Å². The van der Waals surface area contributed by atoms with Crippen LogP contribution in [0.3, 0.4) is 0 Å². The Hall–Kier alpha value is -3.61. The maximum absolute atomic E-state index is 12.8. The molecule has 0 spiro atoms. The number of carbonyl (C=O) groups is 3. The Balaban J connectivity index is 1.28. The van der Waals surface area contributed by atoms with Crippen molar-refractivity contribution in [1.29, 1.82) is 0 Å². The van der Waals surface area contributed by atoms with Gasteiger partial charge in [0.25, 0.3) is 0 Å². The van der Waals surface area contributed by atoms with E-state index in [4.69, 9.17) is 9.84 Å². The van der Waals surface area contributed by atoms with Crippen molar-refractivity contribution in [1.82, 2.24) is 10.2 Å². The van der Waals surface area contributed by atoms with E-state index in [9.17, 15) is 14.4 Å². The second-order valence-corrected chi connectivity index (χ2v) is 10.7. The van der Waals surface area contributed by atoms with Gasteiger partial charge in [0.05, 0.1) is 5.56 Å². The summed E-state index contributed by atoms with van der Waals surface area (Å²) in [4.78, 5) is 37.8. The molecular weight excluding hydrogens is 456 g/mol. The van der Waals surface area contributed by atoms with E-state index >= 15 is 0 Å². The summed E-state index contributed by atoms with van der Waals surface area (Å²) >= 11 is 0. The van der Waals surface area contributed by atoms with Gasteiger partial charge in [-0.05, 0) is 80.9 Å². The first-order valence-corrected chi connectivity index (χ1v) is 12.5. The lowest BCUT2D eigenvalue weighted by Gasteiger charge is -2.28. The van der Waals surface area contributed by atoms with Gasteiger partial charge in [0, 0.05) is 31.1 Å². The molecule has 36 heavy (non-hydrogen) atoms. The van der Waals surface area contributed by atoms with E-state index in [2.05, 4.69) is 17.4 Å². The molecule has 2 atom stereocenters. The zero-order valence-corrected chi connectivity index (χ0v) is 21.1. The van der Waals surface area contributed by atoms with E-state index in [-0.39, 0.29) is 23.6 Å². The fourth-order valence-corrected chi connectivity index (χ4v) is 4.17. The zero-order chi connectivity index (χ0) is 25.9. The lowest BCUT2D eigenvalue weighted by atomic mass is 10.1. The second kappa shape index (κ2) is 10.6. The number of nitrogens with zero attached hydrogens (tertiary/aromatic N) is 1. The van der Waals surface area contributed by atoms with E-state index < -0.39 is 11.6 Å². The van der Waals surface area contributed by atoms with Crippen LogP contribution in [0, 0.1) is 5.92 Å². The molecule has 190 valence electrons. The molecular formula is C29H34N2O5. The van der Waals surface area contributed by atoms with Crippen molar-refractivity contribution in [3.63, 3.8) is 0 Å². The standard InChI is InChI=1S/C29H34N2O5/c1-29(2,3)36-28(35)31(18-21-4-5-21)25-16-24(25)22-11-6-19(7-12-22)10-15-26(32)30-17-20-8-13-23(14-9-20)27(33)34/h6-15,21,24-25H,4-5,16-18H2,1-3H3,(H,30,32)(H,33,34)/b15-10+/t24?,25-/m0/s1. The predicted molar refractivity (Wildman–Crippen MR) is 138 cm³/mol.